The highest BCUT2D eigenvalue weighted by molar-refractivity contribution is 7.90. The minimum atomic E-state index is -3.14. The first kappa shape index (κ1) is 16.1. The summed E-state index contributed by atoms with van der Waals surface area (Å²) in [7, 11) is -3.14. The van der Waals surface area contributed by atoms with Crippen molar-refractivity contribution >= 4 is 9.84 Å². The number of hydrogen-bond donors (Lipinski definition) is 0. The Kier molecular flexibility index (Phi) is 4.50. The third-order valence-electron chi connectivity index (χ3n) is 4.37. The lowest BCUT2D eigenvalue weighted by molar-refractivity contribution is 0.327. The van der Waals surface area contributed by atoms with E-state index in [1.54, 1.807) is 12.1 Å². The highest BCUT2D eigenvalue weighted by atomic mass is 32.2. The predicted molar refractivity (Wildman–Crippen MR) is 88.6 cm³/mol. The Morgan fingerprint density at radius 2 is 1.74 bits per heavy atom. The van der Waals surface area contributed by atoms with E-state index >= 15 is 0 Å². The monoisotopic (exact) mass is 333 g/mol. The van der Waals surface area contributed by atoms with Crippen molar-refractivity contribution in [2.75, 3.05) is 19.3 Å². The molecule has 1 aliphatic heterocycles. The van der Waals surface area contributed by atoms with Gasteiger partial charge in [-0.3, -0.25) is 4.90 Å². The van der Waals surface area contributed by atoms with Crippen molar-refractivity contribution in [3.8, 4) is 0 Å². The molecule has 0 aromatic heterocycles. The fraction of sp³-hybridized carbons (Fsp3) is 0.333. The van der Waals surface area contributed by atoms with Crippen molar-refractivity contribution in [1.82, 2.24) is 4.90 Å². The van der Waals surface area contributed by atoms with Gasteiger partial charge in [-0.1, -0.05) is 24.3 Å². The summed E-state index contributed by atoms with van der Waals surface area (Å²) in [5.41, 5.74) is 2.29. The average molecular weight is 333 g/mol. The van der Waals surface area contributed by atoms with Gasteiger partial charge in [-0.15, -0.1) is 0 Å². The number of halogens is 1. The highest BCUT2D eigenvalue weighted by Crippen LogP contribution is 2.28. The third-order valence-corrected chi connectivity index (χ3v) is 5.50. The first-order valence-corrected chi connectivity index (χ1v) is 9.58. The van der Waals surface area contributed by atoms with Crippen molar-refractivity contribution in [2.24, 2.45) is 0 Å². The Balaban J connectivity index is 1.62. The summed E-state index contributed by atoms with van der Waals surface area (Å²) in [5.74, 6) is 0.237. The Hall–Kier alpha value is -1.72. The van der Waals surface area contributed by atoms with E-state index in [2.05, 4.69) is 4.90 Å². The zero-order chi connectivity index (χ0) is 16.4. The van der Waals surface area contributed by atoms with Gasteiger partial charge in [-0.05, 0) is 54.3 Å². The van der Waals surface area contributed by atoms with Crippen molar-refractivity contribution in [2.45, 2.75) is 23.8 Å². The Bertz CT molecular complexity index is 770. The molecule has 0 N–H and O–H groups in total. The molecule has 1 atom stereocenters. The topological polar surface area (TPSA) is 37.4 Å². The number of nitrogens with zero attached hydrogens (tertiary/aromatic N) is 1. The molecular formula is C18H20FNO2S. The first-order chi connectivity index (χ1) is 10.9. The molecule has 1 aliphatic rings. The normalized spacial score (nSPS) is 19.1. The van der Waals surface area contributed by atoms with E-state index in [-0.39, 0.29) is 5.82 Å². The van der Waals surface area contributed by atoms with Gasteiger partial charge >= 0.3 is 0 Å². The van der Waals surface area contributed by atoms with Crippen molar-refractivity contribution in [3.05, 3.63) is 65.5 Å². The lowest BCUT2D eigenvalue weighted by Crippen LogP contribution is -2.19. The molecule has 2 aromatic rings. The second-order valence-electron chi connectivity index (χ2n) is 6.19. The summed E-state index contributed by atoms with van der Waals surface area (Å²) in [4.78, 5) is 2.70. The van der Waals surface area contributed by atoms with Gasteiger partial charge in [0.2, 0.25) is 0 Å². The van der Waals surface area contributed by atoms with Crippen LogP contribution in [-0.2, 0) is 16.4 Å². The van der Waals surface area contributed by atoms with Crippen LogP contribution in [0, 0.1) is 5.82 Å². The molecule has 2 aromatic carbocycles. The first-order valence-electron chi connectivity index (χ1n) is 7.68. The lowest BCUT2D eigenvalue weighted by Gasteiger charge is -2.16. The molecule has 3 nitrogen and oxygen atoms in total. The summed E-state index contributed by atoms with van der Waals surface area (Å²) in [5, 5.41) is 0. The van der Waals surface area contributed by atoms with Crippen LogP contribution in [0.15, 0.2) is 53.4 Å². The SMILES string of the molecule is CS(=O)(=O)c1ccc(CN2CC[C@@H](c3ccc(F)cc3)C2)cc1. The van der Waals surface area contributed by atoms with Crippen LogP contribution >= 0.6 is 0 Å². The smallest absolute Gasteiger partial charge is 0.175 e. The highest BCUT2D eigenvalue weighted by Gasteiger charge is 2.23. The minimum Gasteiger partial charge on any atom is -0.298 e. The molecule has 3 rings (SSSR count). The van der Waals surface area contributed by atoms with E-state index < -0.39 is 9.84 Å². The molecule has 23 heavy (non-hydrogen) atoms. The maximum absolute atomic E-state index is 13.0. The van der Waals surface area contributed by atoms with Crippen LogP contribution in [0.4, 0.5) is 4.39 Å². The number of sulfone groups is 1. The standard InChI is InChI=1S/C18H20FNO2S/c1-23(21,22)18-8-2-14(3-9-18)12-20-11-10-16(13-20)15-4-6-17(19)7-5-15/h2-9,16H,10-13H2,1H3/t16-/m1/s1. The lowest BCUT2D eigenvalue weighted by atomic mass is 9.99. The van der Waals surface area contributed by atoms with Gasteiger partial charge in [0, 0.05) is 19.3 Å². The molecule has 0 amide bonds. The zero-order valence-electron chi connectivity index (χ0n) is 13.1. The van der Waals surface area contributed by atoms with Gasteiger partial charge in [0.1, 0.15) is 5.82 Å². The number of likely N-dealkylation sites (tertiary alicyclic amines) is 1. The Labute approximate surface area is 136 Å². The Morgan fingerprint density at radius 3 is 2.35 bits per heavy atom. The maximum atomic E-state index is 13.0. The number of rotatable bonds is 4. The van der Waals surface area contributed by atoms with Gasteiger partial charge in [0.05, 0.1) is 4.90 Å². The van der Waals surface area contributed by atoms with Crippen LogP contribution in [0.5, 0.6) is 0 Å². The van der Waals surface area contributed by atoms with Gasteiger partial charge in [0.15, 0.2) is 9.84 Å². The molecule has 0 spiro atoms. The van der Waals surface area contributed by atoms with Crippen molar-refractivity contribution in [1.29, 1.82) is 0 Å². The minimum absolute atomic E-state index is 0.199. The maximum Gasteiger partial charge on any atom is 0.175 e. The van der Waals surface area contributed by atoms with E-state index in [4.69, 9.17) is 0 Å². The predicted octanol–water partition coefficient (Wildman–Crippen LogP) is 3.22. The van der Waals surface area contributed by atoms with Crippen LogP contribution in [0.2, 0.25) is 0 Å². The fourth-order valence-corrected chi connectivity index (χ4v) is 3.71. The molecule has 5 heteroatoms. The Morgan fingerprint density at radius 1 is 1.09 bits per heavy atom. The van der Waals surface area contributed by atoms with E-state index in [1.165, 1.54) is 24.0 Å². The summed E-state index contributed by atoms with van der Waals surface area (Å²) in [6.07, 6.45) is 2.28. The molecular weight excluding hydrogens is 313 g/mol. The fourth-order valence-electron chi connectivity index (χ4n) is 3.08. The van der Waals surface area contributed by atoms with E-state index in [0.717, 1.165) is 31.6 Å². The summed E-state index contributed by atoms with van der Waals surface area (Å²) in [6.45, 7) is 2.75. The van der Waals surface area contributed by atoms with Crippen LogP contribution < -0.4 is 0 Å². The third kappa shape index (κ3) is 3.98. The van der Waals surface area contributed by atoms with Gasteiger partial charge in [-0.2, -0.15) is 0 Å². The van der Waals surface area contributed by atoms with E-state index in [1.807, 2.05) is 24.3 Å². The van der Waals surface area contributed by atoms with Gasteiger partial charge in [-0.25, -0.2) is 12.8 Å². The summed E-state index contributed by atoms with van der Waals surface area (Å²) >= 11 is 0. The molecule has 1 heterocycles. The zero-order valence-corrected chi connectivity index (χ0v) is 13.9. The quantitative estimate of drug-likeness (QED) is 0.862. The molecule has 0 bridgehead atoms. The molecule has 1 saturated heterocycles. The van der Waals surface area contributed by atoms with Gasteiger partial charge in [0.25, 0.3) is 0 Å². The number of hydrogen-bond acceptors (Lipinski definition) is 3. The summed E-state index contributed by atoms with van der Waals surface area (Å²) < 4.78 is 36.0. The van der Waals surface area contributed by atoms with Crippen LogP contribution in [0.25, 0.3) is 0 Å². The van der Waals surface area contributed by atoms with Crippen molar-refractivity contribution in [3.63, 3.8) is 0 Å². The van der Waals surface area contributed by atoms with Crippen molar-refractivity contribution < 1.29 is 12.8 Å². The van der Waals surface area contributed by atoms with Crippen LogP contribution in [0.1, 0.15) is 23.5 Å². The second kappa shape index (κ2) is 6.42. The molecule has 0 unspecified atom stereocenters. The second-order valence-corrected chi connectivity index (χ2v) is 8.20. The van der Waals surface area contributed by atoms with Crippen LogP contribution in [-0.4, -0.2) is 32.7 Å². The van der Waals surface area contributed by atoms with E-state index in [0.29, 0.717) is 10.8 Å². The van der Waals surface area contributed by atoms with Gasteiger partial charge < -0.3 is 0 Å². The molecule has 0 radical (unpaired) electrons. The largest absolute Gasteiger partial charge is 0.298 e. The molecule has 0 saturated carbocycles. The molecule has 0 aliphatic carbocycles. The average Bonchev–Trinajstić information content (AvgIpc) is 2.96. The van der Waals surface area contributed by atoms with Crippen LogP contribution in [0.3, 0.4) is 0 Å². The van der Waals surface area contributed by atoms with E-state index in [9.17, 15) is 12.8 Å². The summed E-state index contributed by atoms with van der Waals surface area (Å²) in [6, 6.07) is 13.8. The number of benzene rings is 2. The molecule has 122 valence electrons. The molecule has 1 fully saturated rings.